The zero-order valence-electron chi connectivity index (χ0n) is 13.2. The summed E-state index contributed by atoms with van der Waals surface area (Å²) in [6.45, 7) is 2.11. The minimum Gasteiger partial charge on any atom is -0.321 e. The minimum absolute atomic E-state index is 0.0914. The predicted molar refractivity (Wildman–Crippen MR) is 101 cm³/mol. The van der Waals surface area contributed by atoms with Crippen molar-refractivity contribution in [2.24, 2.45) is 0 Å². The van der Waals surface area contributed by atoms with E-state index in [-0.39, 0.29) is 5.91 Å². The van der Waals surface area contributed by atoms with Crippen LogP contribution in [0.5, 0.6) is 0 Å². The number of nitrogens with zero attached hydrogens (tertiary/aromatic N) is 1. The number of para-hydroxylation sites is 1. The van der Waals surface area contributed by atoms with Crippen LogP contribution in [0.15, 0.2) is 60.7 Å². The van der Waals surface area contributed by atoms with Gasteiger partial charge in [0.15, 0.2) is 0 Å². The van der Waals surface area contributed by atoms with Crippen LogP contribution in [-0.4, -0.2) is 10.9 Å². The number of anilines is 1. The van der Waals surface area contributed by atoms with Crippen LogP contribution < -0.4 is 5.32 Å². The Hall–Kier alpha value is -2.72. The summed E-state index contributed by atoms with van der Waals surface area (Å²) in [6.07, 6.45) is 0.990. The molecule has 1 N–H and O–H groups in total. The van der Waals surface area contributed by atoms with Gasteiger partial charge < -0.3 is 5.32 Å². The number of rotatable bonds is 3. The average molecular weight is 332 g/mol. The Kier molecular flexibility index (Phi) is 3.75. The molecule has 0 atom stereocenters. The van der Waals surface area contributed by atoms with E-state index in [1.165, 1.54) is 16.9 Å². The summed E-state index contributed by atoms with van der Waals surface area (Å²) < 4.78 is 0. The van der Waals surface area contributed by atoms with Crippen LogP contribution in [0.1, 0.15) is 22.2 Å². The first-order valence-corrected chi connectivity index (χ1v) is 8.74. The van der Waals surface area contributed by atoms with Gasteiger partial charge in [-0.25, -0.2) is 4.98 Å². The second kappa shape index (κ2) is 6.06. The van der Waals surface area contributed by atoms with Crippen molar-refractivity contribution in [3.63, 3.8) is 0 Å². The van der Waals surface area contributed by atoms with Gasteiger partial charge in [-0.2, -0.15) is 0 Å². The van der Waals surface area contributed by atoms with E-state index in [2.05, 4.69) is 23.3 Å². The topological polar surface area (TPSA) is 42.0 Å². The van der Waals surface area contributed by atoms with Crippen LogP contribution in [0, 0.1) is 0 Å². The molecule has 0 saturated heterocycles. The first-order valence-electron chi connectivity index (χ1n) is 7.92. The van der Waals surface area contributed by atoms with Gasteiger partial charge in [-0.15, -0.1) is 11.3 Å². The largest absolute Gasteiger partial charge is 0.321 e. The van der Waals surface area contributed by atoms with E-state index >= 15 is 0 Å². The lowest BCUT2D eigenvalue weighted by Crippen LogP contribution is -2.09. The van der Waals surface area contributed by atoms with E-state index in [1.54, 1.807) is 0 Å². The number of fused-ring (bicyclic) bond motifs is 2. The molecule has 24 heavy (non-hydrogen) atoms. The Morgan fingerprint density at radius 2 is 1.83 bits per heavy atom. The number of pyridine rings is 1. The Balaban J connectivity index is 1.64. The lowest BCUT2D eigenvalue weighted by molar-refractivity contribution is 0.103. The molecule has 1 amide bonds. The second-order valence-electron chi connectivity index (χ2n) is 5.69. The fraction of sp³-hybridized carbons (Fsp3) is 0.100. The number of thiophene rings is 1. The highest BCUT2D eigenvalue weighted by Crippen LogP contribution is 2.28. The van der Waals surface area contributed by atoms with Crippen molar-refractivity contribution >= 4 is 44.1 Å². The van der Waals surface area contributed by atoms with E-state index in [9.17, 15) is 4.79 Å². The maximum absolute atomic E-state index is 12.5. The van der Waals surface area contributed by atoms with E-state index in [4.69, 9.17) is 0 Å². The predicted octanol–water partition coefficient (Wildman–Crippen LogP) is 5.26. The Morgan fingerprint density at radius 1 is 1.04 bits per heavy atom. The van der Waals surface area contributed by atoms with E-state index in [0.29, 0.717) is 4.88 Å². The number of carbonyl (C=O) groups excluding carboxylic acids is 1. The summed E-state index contributed by atoms with van der Waals surface area (Å²) in [4.78, 5) is 18.7. The summed E-state index contributed by atoms with van der Waals surface area (Å²) >= 11 is 1.42. The lowest BCUT2D eigenvalue weighted by Gasteiger charge is -2.04. The van der Waals surface area contributed by atoms with Crippen molar-refractivity contribution in [3.05, 3.63) is 71.1 Å². The number of aryl methyl sites for hydroxylation is 1. The van der Waals surface area contributed by atoms with Gasteiger partial charge in [-0.05, 0) is 42.3 Å². The molecule has 2 aromatic carbocycles. The molecule has 0 aliphatic carbocycles. The third-order valence-electron chi connectivity index (χ3n) is 4.05. The third-order valence-corrected chi connectivity index (χ3v) is 5.10. The molecule has 0 fully saturated rings. The maximum Gasteiger partial charge on any atom is 0.265 e. The number of hydrogen-bond acceptors (Lipinski definition) is 3. The number of amides is 1. The molecule has 0 spiro atoms. The highest BCUT2D eigenvalue weighted by Gasteiger charge is 2.12. The summed E-state index contributed by atoms with van der Waals surface area (Å²) in [7, 11) is 0. The van der Waals surface area contributed by atoms with Gasteiger partial charge in [-0.3, -0.25) is 4.79 Å². The molecule has 0 unspecified atom stereocenters. The normalized spacial score (nSPS) is 11.0. The lowest BCUT2D eigenvalue weighted by atomic mass is 10.1. The van der Waals surface area contributed by atoms with E-state index < -0.39 is 0 Å². The van der Waals surface area contributed by atoms with Crippen molar-refractivity contribution in [1.82, 2.24) is 4.98 Å². The van der Waals surface area contributed by atoms with Gasteiger partial charge in [0.1, 0.15) is 4.83 Å². The average Bonchev–Trinajstić information content (AvgIpc) is 3.03. The molecule has 2 heterocycles. The van der Waals surface area contributed by atoms with E-state index in [1.807, 2.05) is 54.6 Å². The van der Waals surface area contributed by atoms with Crippen LogP contribution in [0.4, 0.5) is 5.69 Å². The molecule has 2 aromatic heterocycles. The van der Waals surface area contributed by atoms with Gasteiger partial charge in [-0.1, -0.05) is 37.3 Å². The first-order chi connectivity index (χ1) is 11.7. The Bertz CT molecular complexity index is 982. The van der Waals surface area contributed by atoms with Crippen LogP contribution in [0.25, 0.3) is 21.1 Å². The Morgan fingerprint density at radius 3 is 2.62 bits per heavy atom. The van der Waals surface area contributed by atoms with Crippen molar-refractivity contribution in [1.29, 1.82) is 0 Å². The zero-order valence-corrected chi connectivity index (χ0v) is 14.1. The van der Waals surface area contributed by atoms with Crippen LogP contribution >= 0.6 is 11.3 Å². The minimum atomic E-state index is -0.0914. The Labute approximate surface area is 144 Å². The second-order valence-corrected chi connectivity index (χ2v) is 6.72. The molecule has 4 heteroatoms. The number of benzene rings is 2. The van der Waals surface area contributed by atoms with Gasteiger partial charge in [0.05, 0.1) is 10.4 Å². The summed E-state index contributed by atoms with van der Waals surface area (Å²) in [5.41, 5.74) is 3.02. The van der Waals surface area contributed by atoms with Crippen LogP contribution in [-0.2, 0) is 6.42 Å². The van der Waals surface area contributed by atoms with Gasteiger partial charge in [0.2, 0.25) is 0 Å². The molecular weight excluding hydrogens is 316 g/mol. The molecule has 0 radical (unpaired) electrons. The third kappa shape index (κ3) is 2.76. The number of hydrogen-bond donors (Lipinski definition) is 1. The quantitative estimate of drug-likeness (QED) is 0.556. The van der Waals surface area contributed by atoms with Gasteiger partial charge in [0.25, 0.3) is 5.91 Å². The SMILES string of the molecule is CCc1ccc(NC(=O)c2cc3cc4ccccc4nc3s2)cc1. The zero-order chi connectivity index (χ0) is 16.5. The summed E-state index contributed by atoms with van der Waals surface area (Å²) in [5.74, 6) is -0.0914. The van der Waals surface area contributed by atoms with Crippen LogP contribution in [0.3, 0.4) is 0 Å². The molecule has 0 bridgehead atoms. The first kappa shape index (κ1) is 14.8. The van der Waals surface area contributed by atoms with E-state index in [0.717, 1.165) is 33.2 Å². The molecule has 0 aliphatic heterocycles. The van der Waals surface area contributed by atoms with Crippen molar-refractivity contribution in [3.8, 4) is 0 Å². The molecule has 0 aliphatic rings. The molecule has 4 rings (SSSR count). The smallest absolute Gasteiger partial charge is 0.265 e. The molecule has 4 aromatic rings. The van der Waals surface area contributed by atoms with Gasteiger partial charge in [0, 0.05) is 16.5 Å². The maximum atomic E-state index is 12.5. The van der Waals surface area contributed by atoms with Gasteiger partial charge >= 0.3 is 0 Å². The van der Waals surface area contributed by atoms with Crippen molar-refractivity contribution < 1.29 is 4.79 Å². The fourth-order valence-corrected chi connectivity index (χ4v) is 3.62. The standard InChI is InChI=1S/C20H16N2OS/c1-2-13-7-9-16(10-8-13)21-19(23)18-12-15-11-14-5-3-4-6-17(14)22-20(15)24-18/h3-12H,2H2,1H3,(H,21,23). The summed E-state index contributed by atoms with van der Waals surface area (Å²) in [6, 6.07) is 19.9. The number of aromatic nitrogens is 1. The highest BCUT2D eigenvalue weighted by molar-refractivity contribution is 7.20. The van der Waals surface area contributed by atoms with Crippen molar-refractivity contribution in [2.75, 3.05) is 5.32 Å². The number of carbonyl (C=O) groups is 1. The van der Waals surface area contributed by atoms with Crippen LogP contribution in [0.2, 0.25) is 0 Å². The molecular formula is C20H16N2OS. The molecule has 118 valence electrons. The summed E-state index contributed by atoms with van der Waals surface area (Å²) in [5, 5.41) is 5.05. The fourth-order valence-electron chi connectivity index (χ4n) is 2.70. The van der Waals surface area contributed by atoms with Crippen molar-refractivity contribution in [2.45, 2.75) is 13.3 Å². The monoisotopic (exact) mass is 332 g/mol. The highest BCUT2D eigenvalue weighted by atomic mass is 32.1. The number of nitrogens with one attached hydrogen (secondary N) is 1. The molecule has 3 nitrogen and oxygen atoms in total. The molecule has 0 saturated carbocycles.